The SMILES string of the molecule is C=C(OC)C1=C(C)NC(c2cccs2)=N[C@H]1c1ccc(F)cc1Cl. The van der Waals surface area contributed by atoms with Gasteiger partial charge in [-0.3, -0.25) is 4.99 Å². The zero-order valence-electron chi connectivity index (χ0n) is 13.3. The van der Waals surface area contributed by atoms with Gasteiger partial charge in [-0.05, 0) is 30.5 Å². The fraction of sp³-hybridized carbons (Fsp3) is 0.167. The van der Waals surface area contributed by atoms with Crippen molar-refractivity contribution in [1.82, 2.24) is 5.32 Å². The van der Waals surface area contributed by atoms with Gasteiger partial charge in [-0.15, -0.1) is 11.3 Å². The van der Waals surface area contributed by atoms with E-state index in [9.17, 15) is 4.39 Å². The van der Waals surface area contributed by atoms with E-state index in [1.54, 1.807) is 24.5 Å². The molecule has 6 heteroatoms. The molecule has 3 rings (SSSR count). The third-order valence-electron chi connectivity index (χ3n) is 3.80. The molecule has 0 fully saturated rings. The summed E-state index contributed by atoms with van der Waals surface area (Å²) in [7, 11) is 1.56. The molecule has 124 valence electrons. The summed E-state index contributed by atoms with van der Waals surface area (Å²) in [6, 6.07) is 7.87. The monoisotopic (exact) mass is 362 g/mol. The minimum atomic E-state index is -0.413. The molecule has 1 atom stereocenters. The maximum absolute atomic E-state index is 13.4. The van der Waals surface area contributed by atoms with Crippen molar-refractivity contribution in [2.24, 2.45) is 4.99 Å². The summed E-state index contributed by atoms with van der Waals surface area (Å²) in [5.74, 6) is 0.868. The normalized spacial score (nSPS) is 17.3. The van der Waals surface area contributed by atoms with Crippen LogP contribution >= 0.6 is 22.9 Å². The third kappa shape index (κ3) is 3.09. The van der Waals surface area contributed by atoms with Crippen molar-refractivity contribution in [3.05, 3.63) is 80.6 Å². The number of methoxy groups -OCH3 is 1. The highest BCUT2D eigenvalue weighted by Gasteiger charge is 2.29. The van der Waals surface area contributed by atoms with Gasteiger partial charge in [-0.1, -0.05) is 30.3 Å². The molecule has 3 nitrogen and oxygen atoms in total. The van der Waals surface area contributed by atoms with Gasteiger partial charge in [0, 0.05) is 21.9 Å². The van der Waals surface area contributed by atoms with Gasteiger partial charge < -0.3 is 10.1 Å². The van der Waals surface area contributed by atoms with Crippen LogP contribution in [-0.2, 0) is 4.74 Å². The van der Waals surface area contributed by atoms with E-state index in [0.717, 1.165) is 22.0 Å². The lowest BCUT2D eigenvalue weighted by atomic mass is 9.94. The topological polar surface area (TPSA) is 33.6 Å². The predicted molar refractivity (Wildman–Crippen MR) is 97.0 cm³/mol. The number of rotatable bonds is 4. The molecule has 0 amide bonds. The molecule has 0 saturated carbocycles. The van der Waals surface area contributed by atoms with Gasteiger partial charge in [0.2, 0.25) is 0 Å². The lowest BCUT2D eigenvalue weighted by molar-refractivity contribution is 0.297. The maximum atomic E-state index is 13.4. The predicted octanol–water partition coefficient (Wildman–Crippen LogP) is 5.07. The average Bonchev–Trinajstić information content (AvgIpc) is 3.08. The number of allylic oxidation sites excluding steroid dienone is 1. The number of hydrogen-bond acceptors (Lipinski definition) is 4. The Labute approximate surface area is 149 Å². The Morgan fingerprint density at radius 1 is 1.42 bits per heavy atom. The van der Waals surface area contributed by atoms with Gasteiger partial charge in [0.25, 0.3) is 0 Å². The number of hydrogen-bond donors (Lipinski definition) is 1. The van der Waals surface area contributed by atoms with E-state index in [1.807, 2.05) is 24.4 Å². The van der Waals surface area contributed by atoms with Crippen LogP contribution in [0.2, 0.25) is 5.02 Å². The van der Waals surface area contributed by atoms with Crippen molar-refractivity contribution < 1.29 is 9.13 Å². The van der Waals surface area contributed by atoms with Gasteiger partial charge >= 0.3 is 0 Å². The highest BCUT2D eigenvalue weighted by Crippen LogP contribution is 2.38. The summed E-state index contributed by atoms with van der Waals surface area (Å²) in [5.41, 5.74) is 2.39. The number of ether oxygens (including phenoxy) is 1. The van der Waals surface area contributed by atoms with Crippen LogP contribution < -0.4 is 5.32 Å². The first-order valence-corrected chi connectivity index (χ1v) is 8.54. The Hall–Kier alpha value is -2.11. The van der Waals surface area contributed by atoms with Crippen LogP contribution in [0.3, 0.4) is 0 Å². The number of halogens is 2. The fourth-order valence-electron chi connectivity index (χ4n) is 2.63. The fourth-order valence-corrected chi connectivity index (χ4v) is 3.58. The second kappa shape index (κ2) is 6.79. The van der Waals surface area contributed by atoms with Gasteiger partial charge in [-0.2, -0.15) is 0 Å². The highest BCUT2D eigenvalue weighted by molar-refractivity contribution is 7.12. The average molecular weight is 363 g/mol. The molecule has 0 spiro atoms. The molecule has 24 heavy (non-hydrogen) atoms. The minimum absolute atomic E-state index is 0.324. The van der Waals surface area contributed by atoms with Gasteiger partial charge in [0.15, 0.2) is 0 Å². The Balaban J connectivity index is 2.14. The molecule has 0 bridgehead atoms. The molecular weight excluding hydrogens is 347 g/mol. The zero-order valence-corrected chi connectivity index (χ0v) is 14.8. The summed E-state index contributed by atoms with van der Waals surface area (Å²) in [4.78, 5) is 5.81. The molecule has 1 aromatic heterocycles. The van der Waals surface area contributed by atoms with E-state index >= 15 is 0 Å². The number of amidine groups is 1. The summed E-state index contributed by atoms with van der Waals surface area (Å²) < 4.78 is 18.8. The lowest BCUT2D eigenvalue weighted by Gasteiger charge is -2.28. The Kier molecular flexibility index (Phi) is 4.73. The van der Waals surface area contributed by atoms with E-state index < -0.39 is 6.04 Å². The number of thiophene rings is 1. The molecule has 0 aliphatic carbocycles. The number of benzene rings is 1. The van der Waals surface area contributed by atoms with E-state index in [1.165, 1.54) is 12.1 Å². The van der Waals surface area contributed by atoms with Crippen molar-refractivity contribution in [3.63, 3.8) is 0 Å². The van der Waals surface area contributed by atoms with Crippen LogP contribution in [0.5, 0.6) is 0 Å². The van der Waals surface area contributed by atoms with E-state index in [4.69, 9.17) is 21.3 Å². The molecule has 1 aromatic carbocycles. The molecular formula is C18H16ClFN2OS. The summed E-state index contributed by atoms with van der Waals surface area (Å²) in [6.45, 7) is 5.89. The lowest BCUT2D eigenvalue weighted by Crippen LogP contribution is -2.30. The number of nitrogens with zero attached hydrogens (tertiary/aromatic N) is 1. The van der Waals surface area contributed by atoms with Gasteiger partial charge in [-0.25, -0.2) is 4.39 Å². The van der Waals surface area contributed by atoms with Crippen LogP contribution in [-0.4, -0.2) is 12.9 Å². The first kappa shape index (κ1) is 16.7. The maximum Gasteiger partial charge on any atom is 0.143 e. The summed E-state index contributed by atoms with van der Waals surface area (Å²) in [6.07, 6.45) is 0. The first-order valence-electron chi connectivity index (χ1n) is 7.29. The van der Waals surface area contributed by atoms with E-state index in [0.29, 0.717) is 16.3 Å². The minimum Gasteiger partial charge on any atom is -0.497 e. The van der Waals surface area contributed by atoms with Crippen molar-refractivity contribution in [3.8, 4) is 0 Å². The van der Waals surface area contributed by atoms with E-state index in [-0.39, 0.29) is 5.82 Å². The molecule has 2 heterocycles. The quantitative estimate of drug-likeness (QED) is 0.771. The highest BCUT2D eigenvalue weighted by atomic mass is 35.5. The Morgan fingerprint density at radius 3 is 2.83 bits per heavy atom. The molecule has 0 radical (unpaired) electrons. The summed E-state index contributed by atoms with van der Waals surface area (Å²) >= 11 is 7.86. The van der Waals surface area contributed by atoms with Gasteiger partial charge in [0.1, 0.15) is 23.5 Å². The first-order chi connectivity index (χ1) is 11.5. The molecule has 1 aliphatic heterocycles. The van der Waals surface area contributed by atoms with Crippen molar-refractivity contribution in [1.29, 1.82) is 0 Å². The largest absolute Gasteiger partial charge is 0.497 e. The molecule has 0 saturated heterocycles. The molecule has 1 aliphatic rings. The smallest absolute Gasteiger partial charge is 0.143 e. The standard InChI is InChI=1S/C18H16ClFN2OS/c1-10-16(11(2)23-3)17(13-7-6-12(20)9-14(13)19)22-18(21-10)15-5-4-8-24-15/h4-9,17H,2H2,1,3H3,(H,21,22)/t17-/m0/s1. The molecule has 0 unspecified atom stereocenters. The second-order valence-corrected chi connectivity index (χ2v) is 6.67. The molecule has 2 aromatic rings. The zero-order chi connectivity index (χ0) is 17.3. The van der Waals surface area contributed by atoms with Crippen molar-refractivity contribution in [2.45, 2.75) is 13.0 Å². The second-order valence-electron chi connectivity index (χ2n) is 5.31. The summed E-state index contributed by atoms with van der Waals surface area (Å²) in [5, 5.41) is 5.61. The van der Waals surface area contributed by atoms with Crippen LogP contribution in [0.25, 0.3) is 0 Å². The Morgan fingerprint density at radius 2 is 2.21 bits per heavy atom. The van der Waals surface area contributed by atoms with Crippen LogP contribution in [0, 0.1) is 5.82 Å². The number of aliphatic imine (C=N–C) groups is 1. The Bertz CT molecular complexity index is 843. The number of nitrogens with one attached hydrogen (secondary N) is 1. The van der Waals surface area contributed by atoms with Crippen LogP contribution in [0.15, 0.2) is 64.3 Å². The van der Waals surface area contributed by atoms with Crippen LogP contribution in [0.4, 0.5) is 4.39 Å². The molecule has 1 N–H and O–H groups in total. The van der Waals surface area contributed by atoms with Crippen molar-refractivity contribution >= 4 is 28.8 Å². The van der Waals surface area contributed by atoms with E-state index in [2.05, 4.69) is 11.9 Å². The third-order valence-corrected chi connectivity index (χ3v) is 5.00. The van der Waals surface area contributed by atoms with Crippen molar-refractivity contribution in [2.75, 3.05) is 7.11 Å². The van der Waals surface area contributed by atoms with Gasteiger partial charge in [0.05, 0.1) is 12.0 Å². The van der Waals surface area contributed by atoms with Crippen LogP contribution in [0.1, 0.15) is 23.4 Å².